The second kappa shape index (κ2) is 6.39. The molecule has 2 aliphatic rings. The van der Waals surface area contributed by atoms with E-state index in [9.17, 15) is 9.59 Å². The van der Waals surface area contributed by atoms with Crippen molar-refractivity contribution in [2.24, 2.45) is 17.6 Å². The zero-order valence-electron chi connectivity index (χ0n) is 12.4. The Morgan fingerprint density at radius 3 is 2.80 bits per heavy atom. The fourth-order valence-electron chi connectivity index (χ4n) is 3.21. The SMILES string of the molecule is CC(C)C1C=CCN1C(=O)C1CCCN(CC(N)=O)C1. The number of likely N-dealkylation sites (tertiary alicyclic amines) is 1. The van der Waals surface area contributed by atoms with E-state index < -0.39 is 0 Å². The van der Waals surface area contributed by atoms with Crippen LogP contribution in [0.3, 0.4) is 0 Å². The fourth-order valence-corrected chi connectivity index (χ4v) is 3.21. The number of primary amides is 1. The third kappa shape index (κ3) is 3.39. The van der Waals surface area contributed by atoms with Crippen LogP contribution >= 0.6 is 0 Å². The maximum atomic E-state index is 12.7. The molecule has 2 aliphatic heterocycles. The zero-order valence-corrected chi connectivity index (χ0v) is 12.4. The zero-order chi connectivity index (χ0) is 14.7. The van der Waals surface area contributed by atoms with Crippen LogP contribution in [0.4, 0.5) is 0 Å². The highest BCUT2D eigenvalue weighted by Gasteiger charge is 2.34. The van der Waals surface area contributed by atoms with Crippen LogP contribution in [0.2, 0.25) is 0 Å². The Balaban J connectivity index is 1.96. The third-order valence-corrected chi connectivity index (χ3v) is 4.20. The summed E-state index contributed by atoms with van der Waals surface area (Å²) >= 11 is 0. The first-order chi connectivity index (χ1) is 9.49. The highest BCUT2D eigenvalue weighted by Crippen LogP contribution is 2.24. The molecule has 112 valence electrons. The summed E-state index contributed by atoms with van der Waals surface area (Å²) in [5.74, 6) is 0.344. The van der Waals surface area contributed by atoms with Gasteiger partial charge in [0.05, 0.1) is 18.5 Å². The Morgan fingerprint density at radius 1 is 1.40 bits per heavy atom. The van der Waals surface area contributed by atoms with Crippen molar-refractivity contribution in [2.75, 3.05) is 26.2 Å². The summed E-state index contributed by atoms with van der Waals surface area (Å²) in [4.78, 5) is 27.7. The molecule has 2 atom stereocenters. The van der Waals surface area contributed by atoms with Crippen molar-refractivity contribution in [1.82, 2.24) is 9.80 Å². The standard InChI is InChI=1S/C15H25N3O2/c1-11(2)13-6-4-8-18(13)15(20)12-5-3-7-17(9-12)10-14(16)19/h4,6,11-13H,3,5,7-10H2,1-2H3,(H2,16,19). The van der Waals surface area contributed by atoms with Crippen molar-refractivity contribution in [3.8, 4) is 0 Å². The molecule has 0 radical (unpaired) electrons. The molecule has 2 unspecified atom stereocenters. The number of piperidine rings is 1. The molecule has 0 aliphatic carbocycles. The number of rotatable bonds is 4. The second-order valence-electron chi connectivity index (χ2n) is 6.19. The maximum Gasteiger partial charge on any atom is 0.231 e. The highest BCUT2D eigenvalue weighted by atomic mass is 16.2. The molecule has 0 aromatic carbocycles. The molecule has 2 amide bonds. The van der Waals surface area contributed by atoms with E-state index in [1.165, 1.54) is 0 Å². The summed E-state index contributed by atoms with van der Waals surface area (Å²) in [6.45, 7) is 6.77. The predicted molar refractivity (Wildman–Crippen MR) is 77.8 cm³/mol. The van der Waals surface area contributed by atoms with Crippen LogP contribution in [-0.2, 0) is 9.59 Å². The third-order valence-electron chi connectivity index (χ3n) is 4.20. The first-order valence-corrected chi connectivity index (χ1v) is 7.47. The smallest absolute Gasteiger partial charge is 0.231 e. The van der Waals surface area contributed by atoms with Gasteiger partial charge < -0.3 is 10.6 Å². The second-order valence-corrected chi connectivity index (χ2v) is 6.19. The van der Waals surface area contributed by atoms with Crippen LogP contribution in [0.5, 0.6) is 0 Å². The van der Waals surface area contributed by atoms with Crippen LogP contribution in [0, 0.1) is 11.8 Å². The lowest BCUT2D eigenvalue weighted by molar-refractivity contribution is -0.139. The van der Waals surface area contributed by atoms with Crippen molar-refractivity contribution < 1.29 is 9.59 Å². The Kier molecular flexibility index (Phi) is 4.81. The van der Waals surface area contributed by atoms with Crippen molar-refractivity contribution in [2.45, 2.75) is 32.7 Å². The molecule has 0 aromatic rings. The van der Waals surface area contributed by atoms with Gasteiger partial charge in [0.25, 0.3) is 0 Å². The fraction of sp³-hybridized carbons (Fsp3) is 0.733. The predicted octanol–water partition coefficient (Wildman–Crippen LogP) is 0.607. The van der Waals surface area contributed by atoms with Gasteiger partial charge in [0.1, 0.15) is 0 Å². The molecule has 0 saturated carbocycles. The molecule has 1 fully saturated rings. The van der Waals surface area contributed by atoms with Gasteiger partial charge in [-0.2, -0.15) is 0 Å². The molecular weight excluding hydrogens is 254 g/mol. The molecule has 5 nitrogen and oxygen atoms in total. The molecule has 2 heterocycles. The quantitative estimate of drug-likeness (QED) is 0.767. The number of nitrogens with two attached hydrogens (primary N) is 1. The van der Waals surface area contributed by atoms with E-state index in [-0.39, 0.29) is 30.3 Å². The summed E-state index contributed by atoms with van der Waals surface area (Å²) in [5, 5.41) is 0. The minimum absolute atomic E-state index is 0.00394. The maximum absolute atomic E-state index is 12.7. The first kappa shape index (κ1) is 15.0. The van der Waals surface area contributed by atoms with Crippen LogP contribution in [-0.4, -0.2) is 53.8 Å². The minimum Gasteiger partial charge on any atom is -0.369 e. The van der Waals surface area contributed by atoms with Gasteiger partial charge in [0.15, 0.2) is 0 Å². The van der Waals surface area contributed by atoms with E-state index in [1.54, 1.807) is 0 Å². The van der Waals surface area contributed by atoms with Gasteiger partial charge in [-0.1, -0.05) is 26.0 Å². The average molecular weight is 279 g/mol. The molecule has 0 spiro atoms. The molecule has 20 heavy (non-hydrogen) atoms. The summed E-state index contributed by atoms with van der Waals surface area (Å²) in [6.07, 6.45) is 6.08. The van der Waals surface area contributed by atoms with E-state index in [4.69, 9.17) is 5.73 Å². The van der Waals surface area contributed by atoms with Gasteiger partial charge >= 0.3 is 0 Å². The number of hydrogen-bond donors (Lipinski definition) is 1. The van der Waals surface area contributed by atoms with Gasteiger partial charge in [0, 0.05) is 13.1 Å². The molecule has 0 bridgehead atoms. The summed E-state index contributed by atoms with van der Waals surface area (Å²) < 4.78 is 0. The Morgan fingerprint density at radius 2 is 2.15 bits per heavy atom. The van der Waals surface area contributed by atoms with Crippen LogP contribution in [0.25, 0.3) is 0 Å². The summed E-state index contributed by atoms with van der Waals surface area (Å²) in [6, 6.07) is 0.217. The Bertz CT molecular complexity index is 406. The van der Waals surface area contributed by atoms with Gasteiger partial charge in [-0.3, -0.25) is 14.5 Å². The van der Waals surface area contributed by atoms with E-state index in [2.05, 4.69) is 26.0 Å². The first-order valence-electron chi connectivity index (χ1n) is 7.47. The number of carbonyl (C=O) groups excluding carboxylic acids is 2. The summed E-state index contributed by atoms with van der Waals surface area (Å²) in [5.41, 5.74) is 5.24. The average Bonchev–Trinajstić information content (AvgIpc) is 2.86. The van der Waals surface area contributed by atoms with E-state index in [0.29, 0.717) is 19.0 Å². The van der Waals surface area contributed by atoms with Crippen LogP contribution in [0.1, 0.15) is 26.7 Å². The van der Waals surface area contributed by atoms with Gasteiger partial charge in [-0.25, -0.2) is 0 Å². The molecule has 2 N–H and O–H groups in total. The Hall–Kier alpha value is -1.36. The lowest BCUT2D eigenvalue weighted by atomic mass is 9.95. The van der Waals surface area contributed by atoms with Gasteiger partial charge in [-0.05, 0) is 25.3 Å². The lowest BCUT2D eigenvalue weighted by Crippen LogP contribution is -2.49. The van der Waals surface area contributed by atoms with Crippen molar-refractivity contribution in [3.05, 3.63) is 12.2 Å². The largest absolute Gasteiger partial charge is 0.369 e. The van der Waals surface area contributed by atoms with Gasteiger partial charge in [0.2, 0.25) is 11.8 Å². The molecule has 2 rings (SSSR count). The minimum atomic E-state index is -0.319. The molecule has 5 heteroatoms. The molecule has 0 aromatic heterocycles. The Labute approximate surface area is 120 Å². The van der Waals surface area contributed by atoms with E-state index in [1.807, 2.05) is 9.80 Å². The molecule has 1 saturated heterocycles. The number of amides is 2. The van der Waals surface area contributed by atoms with Crippen LogP contribution in [0.15, 0.2) is 12.2 Å². The molecular formula is C15H25N3O2. The number of carbonyl (C=O) groups is 2. The van der Waals surface area contributed by atoms with E-state index in [0.717, 1.165) is 19.4 Å². The van der Waals surface area contributed by atoms with Gasteiger partial charge in [-0.15, -0.1) is 0 Å². The lowest BCUT2D eigenvalue weighted by Gasteiger charge is -2.36. The topological polar surface area (TPSA) is 66.6 Å². The van der Waals surface area contributed by atoms with Crippen molar-refractivity contribution >= 4 is 11.8 Å². The van der Waals surface area contributed by atoms with Crippen molar-refractivity contribution in [3.63, 3.8) is 0 Å². The highest BCUT2D eigenvalue weighted by molar-refractivity contribution is 5.81. The van der Waals surface area contributed by atoms with E-state index >= 15 is 0 Å². The van der Waals surface area contributed by atoms with Crippen molar-refractivity contribution in [1.29, 1.82) is 0 Å². The normalized spacial score (nSPS) is 27.2. The van der Waals surface area contributed by atoms with Crippen LogP contribution < -0.4 is 5.73 Å². The number of nitrogens with zero attached hydrogens (tertiary/aromatic N) is 2. The monoisotopic (exact) mass is 279 g/mol. The number of hydrogen-bond acceptors (Lipinski definition) is 3. The summed E-state index contributed by atoms with van der Waals surface area (Å²) in [7, 11) is 0.